The fourth-order valence-electron chi connectivity index (χ4n) is 8.20. The van der Waals surface area contributed by atoms with Crippen molar-refractivity contribution in [3.05, 3.63) is 242 Å². The molecule has 1 nitrogen and oxygen atoms in total. The van der Waals surface area contributed by atoms with Crippen molar-refractivity contribution in [3.63, 3.8) is 0 Å². The van der Waals surface area contributed by atoms with Crippen LogP contribution in [-0.2, 0) is 0 Å². The lowest BCUT2D eigenvalue weighted by molar-refractivity contribution is 0.103. The fraction of sp³-hybridized carbons (Fsp3) is 0. The highest BCUT2D eigenvalue weighted by atomic mass is 16.1. The molecule has 0 spiro atoms. The topological polar surface area (TPSA) is 17.1 Å². The zero-order chi connectivity index (χ0) is 38.8. The Morgan fingerprint density at radius 3 is 1.17 bits per heavy atom. The third-order valence-corrected chi connectivity index (χ3v) is 11.3. The SMILES string of the molecule is O=C(c1ccccc1)c1cccc(-c2c(-c3ccc(-c4ccc5ccccc5c4)cc3)cc(-c3ccccc3)cc2-c2ccc(-c3ccc4ccccc4c3)cc2)c1. The molecule has 0 heterocycles. The van der Waals surface area contributed by atoms with E-state index in [9.17, 15) is 4.79 Å². The maximum atomic E-state index is 13.9. The van der Waals surface area contributed by atoms with E-state index >= 15 is 0 Å². The van der Waals surface area contributed by atoms with Crippen molar-refractivity contribution < 1.29 is 4.79 Å². The fourth-order valence-corrected chi connectivity index (χ4v) is 8.20. The molecule has 10 rings (SSSR count). The van der Waals surface area contributed by atoms with Gasteiger partial charge in [-0.25, -0.2) is 0 Å². The lowest BCUT2D eigenvalue weighted by atomic mass is 9.83. The predicted molar refractivity (Wildman–Crippen MR) is 244 cm³/mol. The number of carbonyl (C=O) groups is 1. The molecule has 0 saturated heterocycles. The van der Waals surface area contributed by atoms with Crippen molar-refractivity contribution in [2.45, 2.75) is 0 Å². The molecule has 0 bridgehead atoms. The van der Waals surface area contributed by atoms with Crippen molar-refractivity contribution in [2.24, 2.45) is 0 Å². The first kappa shape index (κ1) is 34.8. The van der Waals surface area contributed by atoms with E-state index in [0.29, 0.717) is 11.1 Å². The zero-order valence-corrected chi connectivity index (χ0v) is 31.8. The molecule has 0 atom stereocenters. The van der Waals surface area contributed by atoms with Gasteiger partial charge >= 0.3 is 0 Å². The Morgan fingerprint density at radius 1 is 0.241 bits per heavy atom. The Morgan fingerprint density at radius 2 is 0.638 bits per heavy atom. The van der Waals surface area contributed by atoms with Gasteiger partial charge in [-0.1, -0.05) is 200 Å². The molecule has 0 aliphatic carbocycles. The Balaban J connectivity index is 1.16. The lowest BCUT2D eigenvalue weighted by Gasteiger charge is -2.20. The van der Waals surface area contributed by atoms with Crippen molar-refractivity contribution in [3.8, 4) is 66.8 Å². The maximum absolute atomic E-state index is 13.9. The van der Waals surface area contributed by atoms with Crippen molar-refractivity contribution >= 4 is 27.3 Å². The van der Waals surface area contributed by atoms with Crippen molar-refractivity contribution in [1.29, 1.82) is 0 Å². The van der Waals surface area contributed by atoms with E-state index < -0.39 is 0 Å². The van der Waals surface area contributed by atoms with E-state index in [4.69, 9.17) is 0 Å². The van der Waals surface area contributed by atoms with E-state index in [1.807, 2.05) is 42.5 Å². The quantitative estimate of drug-likeness (QED) is 0.142. The minimum Gasteiger partial charge on any atom is -0.289 e. The third kappa shape index (κ3) is 6.80. The molecule has 0 radical (unpaired) electrons. The number of fused-ring (bicyclic) bond motifs is 2. The second-order valence-electron chi connectivity index (χ2n) is 14.9. The molecule has 0 unspecified atom stereocenters. The summed E-state index contributed by atoms with van der Waals surface area (Å²) in [5.74, 6) is 0.00549. The summed E-state index contributed by atoms with van der Waals surface area (Å²) in [6, 6.07) is 81.1. The third-order valence-electron chi connectivity index (χ3n) is 11.3. The summed E-state index contributed by atoms with van der Waals surface area (Å²) in [5, 5.41) is 4.92. The smallest absolute Gasteiger partial charge is 0.193 e. The molecular weight excluding hydrogens is 701 g/mol. The molecule has 0 amide bonds. The Hall–Kier alpha value is -7.61. The van der Waals surface area contributed by atoms with Gasteiger partial charge in [0.1, 0.15) is 0 Å². The summed E-state index contributed by atoms with van der Waals surface area (Å²) < 4.78 is 0. The number of carbonyl (C=O) groups excluding carboxylic acids is 1. The minimum absolute atomic E-state index is 0.00549. The normalized spacial score (nSPS) is 11.2. The average molecular weight is 739 g/mol. The first-order valence-electron chi connectivity index (χ1n) is 19.8. The molecule has 10 aromatic carbocycles. The largest absolute Gasteiger partial charge is 0.289 e. The van der Waals surface area contributed by atoms with Gasteiger partial charge in [0, 0.05) is 11.1 Å². The molecule has 10 aromatic rings. The summed E-state index contributed by atoms with van der Waals surface area (Å²) in [7, 11) is 0. The zero-order valence-electron chi connectivity index (χ0n) is 31.8. The molecule has 0 N–H and O–H groups in total. The van der Waals surface area contributed by atoms with Gasteiger partial charge in [0.25, 0.3) is 0 Å². The number of benzene rings is 10. The predicted octanol–water partition coefficient (Wildman–Crippen LogP) is 15.2. The molecule has 0 aliphatic heterocycles. The van der Waals surface area contributed by atoms with Crippen LogP contribution in [0.2, 0.25) is 0 Å². The first-order chi connectivity index (χ1) is 28.6. The van der Waals surface area contributed by atoms with Crippen LogP contribution in [0.1, 0.15) is 15.9 Å². The number of rotatable bonds is 8. The van der Waals surface area contributed by atoms with Crippen LogP contribution in [0.4, 0.5) is 0 Å². The molecule has 0 aliphatic rings. The van der Waals surface area contributed by atoms with Gasteiger partial charge in [-0.15, -0.1) is 0 Å². The Labute approximate surface area is 339 Å². The van der Waals surface area contributed by atoms with Crippen molar-refractivity contribution in [1.82, 2.24) is 0 Å². The van der Waals surface area contributed by atoms with Crippen LogP contribution in [0.15, 0.2) is 231 Å². The molecule has 0 saturated carbocycles. The summed E-state index contributed by atoms with van der Waals surface area (Å²) >= 11 is 0. The Bertz CT molecular complexity index is 2940. The summed E-state index contributed by atoms with van der Waals surface area (Å²) in [4.78, 5) is 13.9. The van der Waals surface area contributed by atoms with Gasteiger partial charge in [0.05, 0.1) is 0 Å². The van der Waals surface area contributed by atoms with E-state index in [1.165, 1.54) is 32.7 Å². The molecule has 58 heavy (non-hydrogen) atoms. The molecule has 1 heteroatoms. The average Bonchev–Trinajstić information content (AvgIpc) is 3.31. The van der Waals surface area contributed by atoms with E-state index in [0.717, 1.165) is 55.6 Å². The van der Waals surface area contributed by atoms with E-state index in [-0.39, 0.29) is 5.78 Å². The number of hydrogen-bond donors (Lipinski definition) is 0. The lowest BCUT2D eigenvalue weighted by Crippen LogP contribution is -2.01. The van der Waals surface area contributed by atoms with Crippen LogP contribution in [-0.4, -0.2) is 5.78 Å². The van der Waals surface area contributed by atoms with Crippen LogP contribution >= 0.6 is 0 Å². The van der Waals surface area contributed by atoms with Gasteiger partial charge in [-0.05, 0) is 119 Å². The van der Waals surface area contributed by atoms with Crippen molar-refractivity contribution in [2.75, 3.05) is 0 Å². The molecule has 0 fully saturated rings. The Kier molecular flexibility index (Phi) is 9.10. The molecule has 0 aromatic heterocycles. The maximum Gasteiger partial charge on any atom is 0.193 e. The van der Waals surface area contributed by atoms with Gasteiger partial charge < -0.3 is 0 Å². The van der Waals surface area contributed by atoms with Crippen LogP contribution in [0.3, 0.4) is 0 Å². The standard InChI is InChI=1S/C57H38O/c58-57(46-16-5-2-6-17-46)52-21-11-20-51(36-52)56-54(44-28-22-42(23-29-44)49-32-26-40-14-7-9-18-47(40)34-49)37-53(39-12-3-1-4-13-39)38-55(56)45-30-24-43(25-31-45)50-33-27-41-15-8-10-19-48(41)35-50/h1-38H. The van der Waals surface area contributed by atoms with Crippen LogP contribution in [0, 0.1) is 0 Å². The minimum atomic E-state index is 0.00549. The van der Waals surface area contributed by atoms with E-state index in [1.54, 1.807) is 0 Å². The highest BCUT2D eigenvalue weighted by molar-refractivity contribution is 6.10. The summed E-state index contributed by atoms with van der Waals surface area (Å²) in [6.07, 6.45) is 0. The monoisotopic (exact) mass is 738 g/mol. The van der Waals surface area contributed by atoms with Gasteiger partial charge in [-0.3, -0.25) is 4.79 Å². The van der Waals surface area contributed by atoms with Crippen LogP contribution in [0.25, 0.3) is 88.3 Å². The molecule has 272 valence electrons. The summed E-state index contributed by atoms with van der Waals surface area (Å²) in [6.45, 7) is 0. The van der Waals surface area contributed by atoms with Crippen LogP contribution in [0.5, 0.6) is 0 Å². The van der Waals surface area contributed by atoms with Gasteiger partial charge in [0.2, 0.25) is 0 Å². The van der Waals surface area contributed by atoms with Crippen LogP contribution < -0.4 is 0 Å². The highest BCUT2D eigenvalue weighted by Gasteiger charge is 2.19. The number of ketones is 1. The van der Waals surface area contributed by atoms with E-state index in [2.05, 4.69) is 188 Å². The molecular formula is C57H38O. The summed E-state index contributed by atoms with van der Waals surface area (Å²) in [5.41, 5.74) is 14.8. The first-order valence-corrected chi connectivity index (χ1v) is 19.8. The second kappa shape index (κ2) is 15.1. The van der Waals surface area contributed by atoms with Gasteiger partial charge in [-0.2, -0.15) is 0 Å². The number of hydrogen-bond acceptors (Lipinski definition) is 1. The van der Waals surface area contributed by atoms with Gasteiger partial charge in [0.15, 0.2) is 5.78 Å². The highest BCUT2D eigenvalue weighted by Crippen LogP contribution is 2.44. The second-order valence-corrected chi connectivity index (χ2v) is 14.9.